The van der Waals surface area contributed by atoms with Gasteiger partial charge in [-0.15, -0.1) is 0 Å². The molecular weight excluding hydrogens is 206 g/mol. The predicted molar refractivity (Wildman–Crippen MR) is 77.3 cm³/mol. The Labute approximate surface area is 109 Å². The Morgan fingerprint density at radius 3 is 2.29 bits per heavy atom. The average Bonchev–Trinajstić information content (AvgIpc) is 2.88. The molecule has 4 atom stereocenters. The van der Waals surface area contributed by atoms with Crippen molar-refractivity contribution in [3.05, 3.63) is 0 Å². The molecular formula is C16H33N. The molecule has 0 bridgehead atoms. The molecule has 4 unspecified atom stereocenters. The van der Waals surface area contributed by atoms with E-state index in [-0.39, 0.29) is 0 Å². The summed E-state index contributed by atoms with van der Waals surface area (Å²) in [6.07, 6.45) is 5.46. The maximum absolute atomic E-state index is 2.71. The highest BCUT2D eigenvalue weighted by atomic mass is 15.3. The Morgan fingerprint density at radius 2 is 1.82 bits per heavy atom. The van der Waals surface area contributed by atoms with E-state index in [2.05, 4.69) is 46.4 Å². The molecule has 1 aliphatic rings. The SMILES string of the molecule is CCCC1(C)CN1CC(CC)CC(C)C(C)C. The van der Waals surface area contributed by atoms with E-state index in [4.69, 9.17) is 0 Å². The molecule has 0 amide bonds. The van der Waals surface area contributed by atoms with Crippen LogP contribution in [0.4, 0.5) is 0 Å². The van der Waals surface area contributed by atoms with Gasteiger partial charge in [0.15, 0.2) is 0 Å². The lowest BCUT2D eigenvalue weighted by Gasteiger charge is -2.24. The van der Waals surface area contributed by atoms with Crippen LogP contribution in [0, 0.1) is 17.8 Å². The van der Waals surface area contributed by atoms with Crippen LogP contribution in [-0.2, 0) is 0 Å². The lowest BCUT2D eigenvalue weighted by molar-refractivity contribution is 0.261. The number of hydrogen-bond donors (Lipinski definition) is 0. The Kier molecular flexibility index (Phi) is 5.50. The van der Waals surface area contributed by atoms with Crippen molar-refractivity contribution in [3.63, 3.8) is 0 Å². The molecule has 1 rings (SSSR count). The van der Waals surface area contributed by atoms with Gasteiger partial charge < -0.3 is 0 Å². The maximum atomic E-state index is 2.71. The van der Waals surface area contributed by atoms with Crippen LogP contribution in [0.5, 0.6) is 0 Å². The normalized spacial score (nSPS) is 31.6. The fraction of sp³-hybridized carbons (Fsp3) is 1.00. The predicted octanol–water partition coefficient (Wildman–Crippen LogP) is 4.57. The molecule has 0 aromatic rings. The molecule has 0 aliphatic carbocycles. The van der Waals surface area contributed by atoms with Gasteiger partial charge in [-0.2, -0.15) is 0 Å². The molecule has 0 saturated carbocycles. The average molecular weight is 239 g/mol. The van der Waals surface area contributed by atoms with Gasteiger partial charge in [-0.3, -0.25) is 4.90 Å². The van der Waals surface area contributed by atoms with Crippen molar-refractivity contribution in [2.45, 2.75) is 72.8 Å². The number of hydrogen-bond acceptors (Lipinski definition) is 1. The fourth-order valence-corrected chi connectivity index (χ4v) is 2.92. The Bertz CT molecular complexity index is 224. The summed E-state index contributed by atoms with van der Waals surface area (Å²) in [6, 6.07) is 0. The minimum atomic E-state index is 0.559. The summed E-state index contributed by atoms with van der Waals surface area (Å²) in [4.78, 5) is 2.71. The summed E-state index contributed by atoms with van der Waals surface area (Å²) in [5.41, 5.74) is 0.559. The first-order valence-electron chi connectivity index (χ1n) is 7.68. The first-order chi connectivity index (χ1) is 7.92. The van der Waals surface area contributed by atoms with Gasteiger partial charge in [0.1, 0.15) is 0 Å². The fourth-order valence-electron chi connectivity index (χ4n) is 2.92. The Balaban J connectivity index is 2.34. The van der Waals surface area contributed by atoms with Crippen molar-refractivity contribution in [2.24, 2.45) is 17.8 Å². The zero-order valence-corrected chi connectivity index (χ0v) is 12.9. The van der Waals surface area contributed by atoms with E-state index >= 15 is 0 Å². The zero-order valence-electron chi connectivity index (χ0n) is 12.9. The third-order valence-corrected chi connectivity index (χ3v) is 4.88. The molecule has 1 heterocycles. The highest BCUT2D eigenvalue weighted by molar-refractivity contribution is 5.03. The quantitative estimate of drug-likeness (QED) is 0.561. The van der Waals surface area contributed by atoms with E-state index in [1.54, 1.807) is 0 Å². The van der Waals surface area contributed by atoms with Crippen molar-refractivity contribution >= 4 is 0 Å². The van der Waals surface area contributed by atoms with Crippen LogP contribution in [0.15, 0.2) is 0 Å². The molecule has 1 heteroatoms. The van der Waals surface area contributed by atoms with Crippen LogP contribution >= 0.6 is 0 Å². The Morgan fingerprint density at radius 1 is 1.18 bits per heavy atom. The van der Waals surface area contributed by atoms with Gasteiger partial charge in [0.25, 0.3) is 0 Å². The van der Waals surface area contributed by atoms with E-state index in [1.165, 1.54) is 38.8 Å². The third kappa shape index (κ3) is 4.28. The van der Waals surface area contributed by atoms with Gasteiger partial charge in [-0.05, 0) is 37.5 Å². The van der Waals surface area contributed by atoms with Gasteiger partial charge in [0.2, 0.25) is 0 Å². The topological polar surface area (TPSA) is 3.01 Å². The summed E-state index contributed by atoms with van der Waals surface area (Å²) >= 11 is 0. The van der Waals surface area contributed by atoms with E-state index in [0.717, 1.165) is 17.8 Å². The molecule has 0 aromatic carbocycles. The van der Waals surface area contributed by atoms with Crippen molar-refractivity contribution in [2.75, 3.05) is 13.1 Å². The molecule has 0 radical (unpaired) electrons. The first kappa shape index (κ1) is 15.0. The minimum absolute atomic E-state index is 0.559. The molecule has 1 fully saturated rings. The van der Waals surface area contributed by atoms with Crippen LogP contribution in [0.25, 0.3) is 0 Å². The van der Waals surface area contributed by atoms with E-state index in [0.29, 0.717) is 5.54 Å². The van der Waals surface area contributed by atoms with Crippen molar-refractivity contribution < 1.29 is 0 Å². The minimum Gasteiger partial charge on any atom is -0.295 e. The van der Waals surface area contributed by atoms with Crippen LogP contribution in [0.2, 0.25) is 0 Å². The molecule has 17 heavy (non-hydrogen) atoms. The summed E-state index contributed by atoms with van der Waals surface area (Å²) in [5, 5.41) is 0. The van der Waals surface area contributed by atoms with Gasteiger partial charge in [-0.25, -0.2) is 0 Å². The largest absolute Gasteiger partial charge is 0.295 e. The Hall–Kier alpha value is -0.0400. The lowest BCUT2D eigenvalue weighted by Crippen LogP contribution is -2.22. The van der Waals surface area contributed by atoms with Crippen LogP contribution in [0.3, 0.4) is 0 Å². The lowest BCUT2D eigenvalue weighted by atomic mass is 9.86. The van der Waals surface area contributed by atoms with Gasteiger partial charge in [0, 0.05) is 18.6 Å². The summed E-state index contributed by atoms with van der Waals surface area (Å²) < 4.78 is 0. The molecule has 1 saturated heterocycles. The number of nitrogens with zero attached hydrogens (tertiary/aromatic N) is 1. The van der Waals surface area contributed by atoms with Crippen LogP contribution in [-0.4, -0.2) is 23.5 Å². The second-order valence-electron chi connectivity index (χ2n) is 6.86. The van der Waals surface area contributed by atoms with E-state index in [1.807, 2.05) is 0 Å². The van der Waals surface area contributed by atoms with Crippen molar-refractivity contribution in [3.8, 4) is 0 Å². The molecule has 102 valence electrons. The van der Waals surface area contributed by atoms with Crippen molar-refractivity contribution in [1.29, 1.82) is 0 Å². The molecule has 0 N–H and O–H groups in total. The smallest absolute Gasteiger partial charge is 0.0309 e. The number of rotatable bonds is 8. The van der Waals surface area contributed by atoms with Crippen molar-refractivity contribution in [1.82, 2.24) is 4.90 Å². The van der Waals surface area contributed by atoms with Crippen LogP contribution in [0.1, 0.15) is 67.2 Å². The second-order valence-corrected chi connectivity index (χ2v) is 6.86. The first-order valence-corrected chi connectivity index (χ1v) is 7.68. The monoisotopic (exact) mass is 239 g/mol. The van der Waals surface area contributed by atoms with E-state index < -0.39 is 0 Å². The second kappa shape index (κ2) is 6.22. The van der Waals surface area contributed by atoms with E-state index in [9.17, 15) is 0 Å². The highest BCUT2D eigenvalue weighted by Crippen LogP contribution is 2.38. The highest BCUT2D eigenvalue weighted by Gasteiger charge is 2.46. The molecule has 0 aromatic heterocycles. The molecule has 0 spiro atoms. The zero-order chi connectivity index (χ0) is 13.1. The van der Waals surface area contributed by atoms with Gasteiger partial charge in [-0.1, -0.05) is 47.5 Å². The maximum Gasteiger partial charge on any atom is 0.0309 e. The molecule has 1 nitrogen and oxygen atoms in total. The van der Waals surface area contributed by atoms with Gasteiger partial charge in [0.05, 0.1) is 0 Å². The summed E-state index contributed by atoms with van der Waals surface area (Å²) in [7, 11) is 0. The van der Waals surface area contributed by atoms with Crippen LogP contribution < -0.4 is 0 Å². The summed E-state index contributed by atoms with van der Waals surface area (Å²) in [5.74, 6) is 2.61. The standard InChI is InChI=1S/C16H33N/c1-7-9-16(6)12-17(16)11-15(8-2)10-14(5)13(3)4/h13-15H,7-12H2,1-6H3. The molecule has 1 aliphatic heterocycles. The van der Waals surface area contributed by atoms with Gasteiger partial charge >= 0.3 is 0 Å². The summed E-state index contributed by atoms with van der Waals surface area (Å²) in [6.45, 7) is 16.9. The third-order valence-electron chi connectivity index (χ3n) is 4.88.